The number of rotatable bonds is 1. The van der Waals surface area contributed by atoms with Crippen LogP contribution in [0.2, 0.25) is 0 Å². The molecule has 3 heteroatoms. The molecular formula is C9H11N3. The molecule has 0 aliphatic carbocycles. The fourth-order valence-corrected chi connectivity index (χ4v) is 1.14. The predicted molar refractivity (Wildman–Crippen MR) is 49.8 cm³/mol. The molecule has 0 unspecified atom stereocenters. The molecule has 0 bridgehead atoms. The number of anilines is 1. The van der Waals surface area contributed by atoms with Gasteiger partial charge in [-0.05, 0) is 25.1 Å². The average molecular weight is 166 g/mol. The lowest BCUT2D eigenvalue weighted by molar-refractivity contribution is 0.684. The van der Waals surface area contributed by atoms with Gasteiger partial charge in [-0.25, -0.2) is 0 Å². The highest BCUT2D eigenvalue weighted by Gasteiger charge is 1.99. The smallest absolute Gasteiger partial charge is 0.0683 e. The first-order valence-corrected chi connectivity index (χ1v) is 3.47. The summed E-state index contributed by atoms with van der Waals surface area (Å²) in [5.74, 6) is 0. The Morgan fingerprint density at radius 1 is 1.75 bits per heavy atom. The summed E-state index contributed by atoms with van der Waals surface area (Å²) in [5, 5.41) is 4.41. The number of hydrogen-bond acceptors (Lipinski definition) is 2. The Kier molecular flexibility index (Phi) is 0.728. The summed E-state index contributed by atoms with van der Waals surface area (Å²) < 4.78 is 37.8. The van der Waals surface area contributed by atoms with E-state index in [-0.39, 0.29) is 0 Å². The number of hydrogen-bond donors (Lipinski definition) is 1. The van der Waals surface area contributed by atoms with Gasteiger partial charge in [-0.3, -0.25) is 4.68 Å². The van der Waals surface area contributed by atoms with Gasteiger partial charge in [-0.1, -0.05) is 0 Å². The number of aryl methyl sites for hydroxylation is 1. The highest BCUT2D eigenvalue weighted by atomic mass is 15.3. The summed E-state index contributed by atoms with van der Waals surface area (Å²) in [5.41, 5.74) is 6.51. The van der Waals surface area contributed by atoms with E-state index in [1.807, 2.05) is 0 Å². The van der Waals surface area contributed by atoms with Crippen LogP contribution in [0.5, 0.6) is 0 Å². The minimum Gasteiger partial charge on any atom is -0.399 e. The fourth-order valence-electron chi connectivity index (χ4n) is 1.14. The van der Waals surface area contributed by atoms with Crippen molar-refractivity contribution >= 4 is 16.6 Å². The quantitative estimate of drug-likeness (QED) is 0.654. The first-order chi connectivity index (χ1) is 7.73. The van der Waals surface area contributed by atoms with E-state index < -0.39 is 13.3 Å². The SMILES string of the molecule is [2H]C([2H])([2H])C([2H])([2H])n1ncc2cc(N)ccc21. The molecule has 1 aromatic carbocycles. The molecule has 1 aromatic heterocycles. The van der Waals surface area contributed by atoms with E-state index in [0.29, 0.717) is 16.6 Å². The Hall–Kier alpha value is -1.51. The third-order valence-electron chi connectivity index (χ3n) is 1.70. The van der Waals surface area contributed by atoms with Crippen LogP contribution in [0.3, 0.4) is 0 Å². The van der Waals surface area contributed by atoms with E-state index in [0.717, 1.165) is 4.68 Å². The van der Waals surface area contributed by atoms with E-state index in [4.69, 9.17) is 12.6 Å². The average Bonchev–Trinajstić information content (AvgIpc) is 2.58. The van der Waals surface area contributed by atoms with Crippen molar-refractivity contribution in [2.45, 2.75) is 13.3 Å². The molecule has 0 fully saturated rings. The third-order valence-corrected chi connectivity index (χ3v) is 1.70. The molecule has 0 spiro atoms. The largest absolute Gasteiger partial charge is 0.399 e. The van der Waals surface area contributed by atoms with Crippen molar-refractivity contribution in [3.63, 3.8) is 0 Å². The maximum atomic E-state index is 7.64. The van der Waals surface area contributed by atoms with Gasteiger partial charge in [0.1, 0.15) is 0 Å². The fraction of sp³-hybridized carbons (Fsp3) is 0.222. The van der Waals surface area contributed by atoms with Gasteiger partial charge in [0.2, 0.25) is 0 Å². The Bertz CT molecular complexity index is 557. The van der Waals surface area contributed by atoms with E-state index in [1.165, 1.54) is 6.20 Å². The van der Waals surface area contributed by atoms with Crippen molar-refractivity contribution in [2.75, 3.05) is 5.73 Å². The Balaban J connectivity index is 2.65. The zero-order valence-corrected chi connectivity index (χ0v) is 6.28. The maximum Gasteiger partial charge on any atom is 0.0683 e. The second-order valence-corrected chi connectivity index (χ2v) is 2.49. The Labute approximate surface area is 77.8 Å². The predicted octanol–water partition coefficient (Wildman–Crippen LogP) is 1.64. The molecule has 2 N–H and O–H groups in total. The highest BCUT2D eigenvalue weighted by Crippen LogP contribution is 2.16. The number of aromatic nitrogens is 2. The van der Waals surface area contributed by atoms with Gasteiger partial charge in [0.05, 0.1) is 14.5 Å². The molecule has 0 aliphatic rings. The molecule has 12 heavy (non-hydrogen) atoms. The van der Waals surface area contributed by atoms with Gasteiger partial charge in [-0.15, -0.1) is 0 Å². The molecule has 1 heterocycles. The van der Waals surface area contributed by atoms with Gasteiger partial charge < -0.3 is 5.73 Å². The highest BCUT2D eigenvalue weighted by molar-refractivity contribution is 5.81. The first-order valence-electron chi connectivity index (χ1n) is 5.97. The monoisotopic (exact) mass is 166 g/mol. The van der Waals surface area contributed by atoms with E-state index in [2.05, 4.69) is 5.10 Å². The van der Waals surface area contributed by atoms with Crippen LogP contribution in [-0.4, -0.2) is 9.78 Å². The zero-order valence-electron chi connectivity index (χ0n) is 11.3. The molecule has 0 atom stereocenters. The van der Waals surface area contributed by atoms with Gasteiger partial charge in [-0.2, -0.15) is 5.10 Å². The number of nitrogen functional groups attached to an aromatic ring is 1. The lowest BCUT2D eigenvalue weighted by Gasteiger charge is -1.97. The van der Waals surface area contributed by atoms with Gasteiger partial charge in [0, 0.05) is 21.7 Å². The number of nitrogens with two attached hydrogens (primary N) is 1. The second kappa shape index (κ2) is 2.52. The molecular weight excluding hydrogens is 150 g/mol. The summed E-state index contributed by atoms with van der Waals surface area (Å²) in [7, 11) is 0. The van der Waals surface area contributed by atoms with Crippen LogP contribution in [0.15, 0.2) is 24.4 Å². The van der Waals surface area contributed by atoms with Gasteiger partial charge in [0.15, 0.2) is 0 Å². The van der Waals surface area contributed by atoms with Crippen LogP contribution < -0.4 is 5.73 Å². The van der Waals surface area contributed by atoms with E-state index in [1.54, 1.807) is 18.2 Å². The lowest BCUT2D eigenvalue weighted by Crippen LogP contribution is -1.94. The van der Waals surface area contributed by atoms with Crippen LogP contribution in [0.1, 0.15) is 13.7 Å². The normalized spacial score (nSPS) is 19.2. The Morgan fingerprint density at radius 2 is 2.67 bits per heavy atom. The van der Waals surface area contributed by atoms with Crippen molar-refractivity contribution in [3.05, 3.63) is 24.4 Å². The Morgan fingerprint density at radius 3 is 3.50 bits per heavy atom. The molecule has 3 nitrogen and oxygen atoms in total. The molecule has 0 saturated heterocycles. The number of nitrogens with zero attached hydrogens (tertiary/aromatic N) is 2. The second-order valence-electron chi connectivity index (χ2n) is 2.49. The summed E-state index contributed by atoms with van der Waals surface area (Å²) in [6.45, 7) is -5.34. The van der Waals surface area contributed by atoms with Crippen LogP contribution in [0.25, 0.3) is 10.9 Å². The number of benzene rings is 1. The minimum atomic E-state index is -2.78. The molecule has 62 valence electrons. The molecule has 2 aromatic rings. The topological polar surface area (TPSA) is 43.8 Å². The lowest BCUT2D eigenvalue weighted by atomic mass is 10.2. The zero-order chi connectivity index (χ0) is 12.8. The van der Waals surface area contributed by atoms with Crippen LogP contribution in [0, 0.1) is 0 Å². The molecule has 2 rings (SSSR count). The van der Waals surface area contributed by atoms with Crippen molar-refractivity contribution < 1.29 is 6.85 Å². The number of fused-ring (bicyclic) bond motifs is 1. The van der Waals surface area contributed by atoms with E-state index >= 15 is 0 Å². The maximum absolute atomic E-state index is 7.64. The minimum absolute atomic E-state index is 0.403. The molecule has 0 amide bonds. The molecule has 0 aliphatic heterocycles. The van der Waals surface area contributed by atoms with Crippen LogP contribution >= 0.6 is 0 Å². The first kappa shape index (κ1) is 3.47. The molecule has 0 saturated carbocycles. The summed E-state index contributed by atoms with van der Waals surface area (Å²) in [4.78, 5) is 0. The van der Waals surface area contributed by atoms with Gasteiger partial charge >= 0.3 is 0 Å². The van der Waals surface area contributed by atoms with Crippen molar-refractivity contribution in [2.24, 2.45) is 0 Å². The van der Waals surface area contributed by atoms with Crippen molar-refractivity contribution in [1.82, 2.24) is 9.78 Å². The van der Waals surface area contributed by atoms with Crippen LogP contribution in [0.4, 0.5) is 5.69 Å². The molecule has 0 radical (unpaired) electrons. The summed E-state index contributed by atoms with van der Waals surface area (Å²) >= 11 is 0. The van der Waals surface area contributed by atoms with Crippen molar-refractivity contribution in [1.29, 1.82) is 0 Å². The van der Waals surface area contributed by atoms with Gasteiger partial charge in [0.25, 0.3) is 0 Å². The van der Waals surface area contributed by atoms with E-state index in [9.17, 15) is 0 Å². The standard InChI is InChI=1S/C9H11N3/c1-2-12-9-4-3-8(10)5-7(9)6-11-12/h3-6H,2,10H2,1H3/i1D3,2D2. The van der Waals surface area contributed by atoms with Crippen molar-refractivity contribution in [3.8, 4) is 0 Å². The third kappa shape index (κ3) is 0.942. The summed E-state index contributed by atoms with van der Waals surface area (Å²) in [6, 6.07) is 4.76. The summed E-state index contributed by atoms with van der Waals surface area (Å²) in [6.07, 6.45) is 1.40. The van der Waals surface area contributed by atoms with Crippen LogP contribution in [-0.2, 0) is 6.50 Å².